The summed E-state index contributed by atoms with van der Waals surface area (Å²) in [6.45, 7) is 3.92. The number of fused-ring (bicyclic) bond motifs is 6. The molecule has 1 aromatic heterocycles. The number of hydrogen-bond donors (Lipinski definition) is 2. The summed E-state index contributed by atoms with van der Waals surface area (Å²) < 4.78 is 26.3. The maximum Gasteiger partial charge on any atom is 0.407 e. The van der Waals surface area contributed by atoms with E-state index in [9.17, 15) is 24.4 Å². The lowest BCUT2D eigenvalue weighted by molar-refractivity contribution is -0.149. The summed E-state index contributed by atoms with van der Waals surface area (Å²) in [6.07, 6.45) is 2.52. The molecule has 4 amide bonds. The number of nitrogens with zero attached hydrogens (tertiary/aromatic N) is 4. The number of aromatic nitrogens is 1. The van der Waals surface area contributed by atoms with Crippen LogP contribution in [0.2, 0.25) is 0 Å². The number of carbonyl (C=O) groups is 4. The first-order chi connectivity index (χ1) is 21.0. The highest BCUT2D eigenvalue weighted by Gasteiger charge is 2.66. The van der Waals surface area contributed by atoms with Crippen molar-refractivity contribution in [2.45, 2.75) is 75.8 Å². The third-order valence-corrected chi connectivity index (χ3v) is 11.4. The van der Waals surface area contributed by atoms with Crippen molar-refractivity contribution in [1.29, 1.82) is 5.26 Å². The lowest BCUT2D eigenvalue weighted by Gasteiger charge is -2.40. The average Bonchev–Trinajstić information content (AvgIpc) is 3.39. The number of rotatable bonds is 5. The Morgan fingerprint density at radius 3 is 2.75 bits per heavy atom. The molecule has 3 aliphatic heterocycles. The van der Waals surface area contributed by atoms with Gasteiger partial charge in [-0.15, -0.1) is 0 Å². The maximum atomic E-state index is 15.3. The van der Waals surface area contributed by atoms with Crippen LogP contribution in [0.15, 0.2) is 18.3 Å². The molecule has 2 bridgehead atoms. The molecule has 3 saturated carbocycles. The molecule has 5 fully saturated rings. The summed E-state index contributed by atoms with van der Waals surface area (Å²) in [4.78, 5) is 62.0. The zero-order valence-corrected chi connectivity index (χ0v) is 25.0. The SMILES string of the molecule is COC(=O)NC(C(=O)N1CC2C3CC(F)C(C3)C2C1C(=O)N1CC2(CC1C#N)Oc1cccnc1NC2=O)C(C)(C)C1CC1. The van der Waals surface area contributed by atoms with E-state index in [-0.39, 0.29) is 49.0 Å². The van der Waals surface area contributed by atoms with Gasteiger partial charge in [-0.05, 0) is 72.8 Å². The standard InChI is InChI=1S/C31H37FN6O6/c1-30(2,16-6-7-16)24(35-29(42)43-3)27(40)37-13-19-15-9-18(20(32)10-15)22(19)23(37)26(39)38-14-31(11-17(38)12-33)28(41)36-25-21(44-31)5-4-8-34-25/h4-5,8,15-20,22-24H,6-7,9-11,13-14H2,1-3H3,(H,35,42)(H,34,36,41). The van der Waals surface area contributed by atoms with E-state index in [4.69, 9.17) is 9.47 Å². The molecule has 12 nitrogen and oxygen atoms in total. The molecule has 6 aliphatic rings. The molecule has 7 rings (SSSR count). The second kappa shape index (κ2) is 10.0. The molecule has 234 valence electrons. The van der Waals surface area contributed by atoms with Crippen molar-refractivity contribution < 1.29 is 33.0 Å². The number of amides is 4. The van der Waals surface area contributed by atoms with E-state index in [0.29, 0.717) is 18.6 Å². The number of ether oxygens (including phenoxy) is 2. The van der Waals surface area contributed by atoms with Gasteiger partial charge in [-0.3, -0.25) is 14.4 Å². The van der Waals surface area contributed by atoms with Gasteiger partial charge < -0.3 is 29.9 Å². The molecular formula is C31H37FN6O6. The molecule has 2 saturated heterocycles. The van der Waals surface area contributed by atoms with Gasteiger partial charge in [0.05, 0.1) is 19.7 Å². The Kier molecular flexibility index (Phi) is 6.57. The highest BCUT2D eigenvalue weighted by molar-refractivity contribution is 6.01. The minimum atomic E-state index is -1.51. The summed E-state index contributed by atoms with van der Waals surface area (Å²) in [7, 11) is 1.23. The molecule has 1 aromatic rings. The summed E-state index contributed by atoms with van der Waals surface area (Å²) in [5.74, 6) is -1.45. The number of nitriles is 1. The second-order valence-corrected chi connectivity index (χ2v) is 14.0. The van der Waals surface area contributed by atoms with E-state index in [1.807, 2.05) is 13.8 Å². The Morgan fingerprint density at radius 1 is 1.27 bits per heavy atom. The van der Waals surface area contributed by atoms with Gasteiger partial charge in [0.15, 0.2) is 11.6 Å². The lowest BCUT2D eigenvalue weighted by Crippen LogP contribution is -2.61. The van der Waals surface area contributed by atoms with Crippen LogP contribution < -0.4 is 15.4 Å². The quantitative estimate of drug-likeness (QED) is 0.516. The Balaban J connectivity index is 1.23. The van der Waals surface area contributed by atoms with E-state index in [1.165, 1.54) is 23.1 Å². The van der Waals surface area contributed by atoms with Crippen molar-refractivity contribution in [2.24, 2.45) is 35.0 Å². The molecule has 9 atom stereocenters. The summed E-state index contributed by atoms with van der Waals surface area (Å²) >= 11 is 0. The smallest absolute Gasteiger partial charge is 0.407 e. The Bertz CT molecular complexity index is 1460. The van der Waals surface area contributed by atoms with Gasteiger partial charge in [-0.25, -0.2) is 14.2 Å². The van der Waals surface area contributed by atoms with Crippen LogP contribution in [-0.4, -0.2) is 88.7 Å². The molecule has 4 heterocycles. The number of alkyl carbamates (subject to hydrolysis) is 1. The number of methoxy groups -OCH3 is 1. The van der Waals surface area contributed by atoms with Crippen LogP contribution in [-0.2, 0) is 19.1 Å². The predicted molar refractivity (Wildman–Crippen MR) is 151 cm³/mol. The van der Waals surface area contributed by atoms with Crippen LogP contribution in [0, 0.1) is 46.3 Å². The van der Waals surface area contributed by atoms with Crippen LogP contribution in [0.3, 0.4) is 0 Å². The zero-order valence-electron chi connectivity index (χ0n) is 25.0. The molecule has 13 heteroatoms. The number of anilines is 1. The van der Waals surface area contributed by atoms with Crippen molar-refractivity contribution in [2.75, 3.05) is 25.5 Å². The van der Waals surface area contributed by atoms with Crippen molar-refractivity contribution in [3.63, 3.8) is 0 Å². The number of halogens is 1. The number of hydrogen-bond acceptors (Lipinski definition) is 8. The monoisotopic (exact) mass is 608 g/mol. The first kappa shape index (κ1) is 28.8. The minimum Gasteiger partial charge on any atom is -0.472 e. The van der Waals surface area contributed by atoms with Gasteiger partial charge in [0.2, 0.25) is 17.4 Å². The Labute approximate surface area is 254 Å². The van der Waals surface area contributed by atoms with Crippen molar-refractivity contribution in [3.05, 3.63) is 18.3 Å². The molecule has 44 heavy (non-hydrogen) atoms. The maximum absolute atomic E-state index is 15.3. The molecule has 1 spiro atoms. The highest BCUT2D eigenvalue weighted by atomic mass is 19.1. The fraction of sp³-hybridized carbons (Fsp3) is 0.677. The van der Waals surface area contributed by atoms with Crippen LogP contribution in [0.25, 0.3) is 0 Å². The third-order valence-electron chi connectivity index (χ3n) is 11.4. The number of alkyl halides is 1. The minimum absolute atomic E-state index is 0.0460. The first-order valence-electron chi connectivity index (χ1n) is 15.4. The fourth-order valence-corrected chi connectivity index (χ4v) is 8.89. The van der Waals surface area contributed by atoms with Crippen molar-refractivity contribution in [3.8, 4) is 11.8 Å². The van der Waals surface area contributed by atoms with Crippen molar-refractivity contribution in [1.82, 2.24) is 20.1 Å². The molecular weight excluding hydrogens is 571 g/mol. The largest absolute Gasteiger partial charge is 0.472 e. The first-order valence-corrected chi connectivity index (χ1v) is 15.4. The number of carbonyl (C=O) groups excluding carboxylic acids is 4. The normalized spacial score (nSPS) is 35.8. The van der Waals surface area contributed by atoms with Gasteiger partial charge in [0.25, 0.3) is 5.91 Å². The van der Waals surface area contributed by atoms with Crippen LogP contribution >= 0.6 is 0 Å². The molecule has 2 N–H and O–H groups in total. The van der Waals surface area contributed by atoms with Crippen LogP contribution in [0.4, 0.5) is 15.0 Å². The number of pyridine rings is 1. The Morgan fingerprint density at radius 2 is 2.05 bits per heavy atom. The molecule has 0 radical (unpaired) electrons. The summed E-state index contributed by atoms with van der Waals surface area (Å²) in [5.41, 5.74) is -2.14. The van der Waals surface area contributed by atoms with Crippen LogP contribution in [0.1, 0.15) is 46.0 Å². The van der Waals surface area contributed by atoms with Gasteiger partial charge in [0, 0.05) is 19.2 Å². The summed E-state index contributed by atoms with van der Waals surface area (Å²) in [6, 6.07) is 2.47. The number of likely N-dealkylation sites (tertiary alicyclic amines) is 2. The van der Waals surface area contributed by atoms with Gasteiger partial charge in [-0.1, -0.05) is 13.8 Å². The van der Waals surface area contributed by atoms with Crippen molar-refractivity contribution >= 4 is 29.6 Å². The van der Waals surface area contributed by atoms with E-state index in [2.05, 4.69) is 21.7 Å². The number of nitrogens with one attached hydrogen (secondary N) is 2. The fourth-order valence-electron chi connectivity index (χ4n) is 8.89. The predicted octanol–water partition coefficient (Wildman–Crippen LogP) is 2.26. The lowest BCUT2D eigenvalue weighted by atomic mass is 9.77. The van der Waals surface area contributed by atoms with E-state index in [1.54, 1.807) is 12.1 Å². The molecule has 0 aromatic carbocycles. The van der Waals surface area contributed by atoms with Gasteiger partial charge in [0.1, 0.15) is 24.3 Å². The second-order valence-electron chi connectivity index (χ2n) is 14.0. The third kappa shape index (κ3) is 4.24. The Hall–Kier alpha value is -3.95. The average molecular weight is 609 g/mol. The van der Waals surface area contributed by atoms with Gasteiger partial charge >= 0.3 is 6.09 Å². The van der Waals surface area contributed by atoms with Gasteiger partial charge in [-0.2, -0.15) is 5.26 Å². The highest BCUT2D eigenvalue weighted by Crippen LogP contribution is 2.59. The molecule has 3 aliphatic carbocycles. The summed E-state index contributed by atoms with van der Waals surface area (Å²) in [5, 5.41) is 15.7. The van der Waals surface area contributed by atoms with E-state index in [0.717, 1.165) is 12.8 Å². The van der Waals surface area contributed by atoms with E-state index < -0.39 is 65.0 Å². The molecule has 9 unspecified atom stereocenters. The topological polar surface area (TPSA) is 154 Å². The van der Waals surface area contributed by atoms with E-state index >= 15 is 4.39 Å². The zero-order chi connectivity index (χ0) is 31.1. The van der Waals surface area contributed by atoms with Crippen LogP contribution in [0.5, 0.6) is 5.75 Å².